The van der Waals surface area contributed by atoms with Crippen molar-refractivity contribution in [3.63, 3.8) is 0 Å². The van der Waals surface area contributed by atoms with Crippen molar-refractivity contribution in [3.8, 4) is 11.5 Å². The van der Waals surface area contributed by atoms with E-state index in [0.717, 1.165) is 0 Å². The molecule has 0 heterocycles. The highest BCUT2D eigenvalue weighted by atomic mass is 31.2. The van der Waals surface area contributed by atoms with Gasteiger partial charge in [-0.2, -0.15) is 0 Å². The van der Waals surface area contributed by atoms with Crippen LogP contribution in [0.15, 0.2) is 60.7 Å². The first kappa shape index (κ1) is 19.9. The van der Waals surface area contributed by atoms with E-state index in [9.17, 15) is 9.46 Å². The van der Waals surface area contributed by atoms with Crippen LogP contribution in [0.5, 0.6) is 11.5 Å². The SMILES string of the molecule is N=[N+]=N.N=[N+]=N.O=P(O)(Oc1ccccc1)Oc1ccccc1. The smallest absolute Gasteiger partial charge is 0.395 e. The van der Waals surface area contributed by atoms with Crippen LogP contribution in [0.4, 0.5) is 0 Å². The number of hydrogen-bond donors (Lipinski definition) is 5. The summed E-state index contributed by atoms with van der Waals surface area (Å²) in [7, 11) is -4.14. The van der Waals surface area contributed by atoms with Crippen LogP contribution >= 0.6 is 7.82 Å². The zero-order valence-electron chi connectivity index (χ0n) is 11.8. The lowest BCUT2D eigenvalue weighted by Crippen LogP contribution is -1.99. The average molecular weight is 338 g/mol. The number of benzene rings is 2. The van der Waals surface area contributed by atoms with Gasteiger partial charge in [-0.1, -0.05) is 36.4 Å². The van der Waals surface area contributed by atoms with Gasteiger partial charge >= 0.3 is 7.82 Å². The van der Waals surface area contributed by atoms with Crippen LogP contribution in [0.25, 0.3) is 0 Å². The number of nitrogens with one attached hydrogen (secondary N) is 4. The minimum Gasteiger partial charge on any atom is -0.395 e. The lowest BCUT2D eigenvalue weighted by molar-refractivity contribution is 0.291. The van der Waals surface area contributed by atoms with Crippen molar-refractivity contribution in [2.45, 2.75) is 0 Å². The van der Waals surface area contributed by atoms with Crippen LogP contribution in [0.1, 0.15) is 0 Å². The lowest BCUT2D eigenvalue weighted by atomic mass is 10.3. The van der Waals surface area contributed by atoms with Gasteiger partial charge in [-0.15, -0.1) is 0 Å². The van der Waals surface area contributed by atoms with Crippen molar-refractivity contribution < 1.29 is 18.5 Å². The Morgan fingerprint density at radius 2 is 1.00 bits per heavy atom. The van der Waals surface area contributed by atoms with Gasteiger partial charge in [0.15, 0.2) is 0 Å². The van der Waals surface area contributed by atoms with Crippen molar-refractivity contribution >= 4 is 7.82 Å². The summed E-state index contributed by atoms with van der Waals surface area (Å²) in [6.07, 6.45) is 0. The first-order valence-electron chi connectivity index (χ1n) is 5.87. The van der Waals surface area contributed by atoms with E-state index in [1.54, 1.807) is 60.7 Å². The number of nitrogens with zero attached hydrogens (tertiary/aromatic N) is 2. The zero-order valence-corrected chi connectivity index (χ0v) is 12.7. The van der Waals surface area contributed by atoms with E-state index in [2.05, 4.69) is 0 Å². The molecule has 120 valence electrons. The maximum absolute atomic E-state index is 11.7. The highest BCUT2D eigenvalue weighted by Gasteiger charge is 2.24. The van der Waals surface area contributed by atoms with Crippen molar-refractivity contribution in [3.05, 3.63) is 60.7 Å². The minimum atomic E-state index is -4.14. The number of para-hydroxylation sites is 2. The summed E-state index contributed by atoms with van der Waals surface area (Å²) in [5.74, 6) is 0.573. The van der Waals surface area contributed by atoms with E-state index in [0.29, 0.717) is 0 Å². The highest BCUT2D eigenvalue weighted by molar-refractivity contribution is 7.48. The summed E-state index contributed by atoms with van der Waals surface area (Å²) >= 11 is 0. The molecule has 0 fully saturated rings. The van der Waals surface area contributed by atoms with E-state index in [4.69, 9.17) is 31.2 Å². The molecular weight excluding hydrogens is 323 g/mol. The van der Waals surface area contributed by atoms with Crippen molar-refractivity contribution in [1.29, 1.82) is 22.1 Å². The molecule has 0 unspecified atom stereocenters. The molecule has 0 saturated carbocycles. The Balaban J connectivity index is 0.000000704. The lowest BCUT2D eigenvalue weighted by Gasteiger charge is -2.13. The molecule has 0 aliphatic rings. The summed E-state index contributed by atoms with van der Waals surface area (Å²) in [4.78, 5) is 13.5. The molecule has 2 aromatic carbocycles. The normalized spacial score (nSPS) is 8.74. The third-order valence-electron chi connectivity index (χ3n) is 1.93. The van der Waals surface area contributed by atoms with E-state index >= 15 is 0 Å². The average Bonchev–Trinajstić information content (AvgIpc) is 2.50. The fourth-order valence-electron chi connectivity index (χ4n) is 1.25. The molecule has 0 atom stereocenters. The molecule has 0 aromatic heterocycles. The van der Waals surface area contributed by atoms with Crippen LogP contribution in [-0.4, -0.2) is 4.89 Å². The van der Waals surface area contributed by atoms with E-state index in [1.807, 2.05) is 9.82 Å². The second kappa shape index (κ2) is 11.5. The van der Waals surface area contributed by atoms with Crippen LogP contribution < -0.4 is 18.9 Å². The highest BCUT2D eigenvalue weighted by Crippen LogP contribution is 2.43. The van der Waals surface area contributed by atoms with Crippen molar-refractivity contribution in [2.75, 3.05) is 0 Å². The van der Waals surface area contributed by atoms with E-state index < -0.39 is 7.82 Å². The van der Waals surface area contributed by atoms with Gasteiger partial charge in [0.1, 0.15) is 33.6 Å². The molecule has 11 heteroatoms. The maximum Gasteiger partial charge on any atom is 0.584 e. The van der Waals surface area contributed by atoms with Gasteiger partial charge in [0, 0.05) is 0 Å². The Bertz CT molecular complexity index is 628. The first-order valence-corrected chi connectivity index (χ1v) is 7.37. The third kappa shape index (κ3) is 10.3. The minimum absolute atomic E-state index is 0.286. The molecule has 0 aliphatic heterocycles. The molecule has 0 aliphatic carbocycles. The molecule has 2 rings (SSSR count). The van der Waals surface area contributed by atoms with Gasteiger partial charge in [-0.05, 0) is 24.3 Å². The molecule has 0 bridgehead atoms. The molecule has 5 N–H and O–H groups in total. The summed E-state index contributed by atoms with van der Waals surface area (Å²) in [5.41, 5.74) is 22.0. The van der Waals surface area contributed by atoms with Crippen LogP contribution in [0.3, 0.4) is 0 Å². The van der Waals surface area contributed by atoms with Crippen molar-refractivity contribution in [1.82, 2.24) is 9.82 Å². The summed E-state index contributed by atoms with van der Waals surface area (Å²) in [5, 5.41) is 0. The summed E-state index contributed by atoms with van der Waals surface area (Å²) in [6.45, 7) is 0. The van der Waals surface area contributed by atoms with Gasteiger partial charge in [-0.3, -0.25) is 4.89 Å². The quantitative estimate of drug-likeness (QED) is 0.325. The fourth-order valence-corrected chi connectivity index (χ4v) is 2.06. The molecule has 0 radical (unpaired) electrons. The molecule has 0 saturated heterocycles. The molecule has 2 aromatic rings. The van der Waals surface area contributed by atoms with E-state index in [1.165, 1.54) is 0 Å². The molecular formula is C12H15N6O4P+2. The van der Waals surface area contributed by atoms with Gasteiger partial charge in [0.05, 0.1) is 0 Å². The summed E-state index contributed by atoms with van der Waals surface area (Å²) < 4.78 is 21.5. The fraction of sp³-hybridized carbons (Fsp3) is 0. The Kier molecular flexibility index (Phi) is 9.93. The first-order chi connectivity index (χ1) is 11.0. The summed E-state index contributed by atoms with van der Waals surface area (Å²) in [6, 6.07) is 16.7. The van der Waals surface area contributed by atoms with Gasteiger partial charge in [0.25, 0.3) is 0 Å². The van der Waals surface area contributed by atoms with Crippen molar-refractivity contribution in [2.24, 2.45) is 0 Å². The molecule has 0 spiro atoms. The number of hydrogen-bond acceptors (Lipinski definition) is 7. The van der Waals surface area contributed by atoms with Gasteiger partial charge in [0.2, 0.25) is 9.82 Å². The topological polar surface area (TPSA) is 179 Å². The van der Waals surface area contributed by atoms with Crippen LogP contribution in [0.2, 0.25) is 0 Å². The number of phosphoric acid groups is 1. The Morgan fingerprint density at radius 3 is 1.26 bits per heavy atom. The number of rotatable bonds is 4. The Hall–Kier alpha value is -3.15. The second-order valence-electron chi connectivity index (χ2n) is 3.50. The largest absolute Gasteiger partial charge is 0.584 e. The van der Waals surface area contributed by atoms with Crippen LogP contribution in [0, 0.1) is 22.1 Å². The third-order valence-corrected chi connectivity index (χ3v) is 2.81. The predicted octanol–water partition coefficient (Wildman–Crippen LogP) is 3.48. The maximum atomic E-state index is 11.7. The molecule has 23 heavy (non-hydrogen) atoms. The van der Waals surface area contributed by atoms with Gasteiger partial charge < -0.3 is 9.05 Å². The predicted molar refractivity (Wildman–Crippen MR) is 79.1 cm³/mol. The zero-order chi connectivity index (χ0) is 17.6. The monoisotopic (exact) mass is 338 g/mol. The van der Waals surface area contributed by atoms with Gasteiger partial charge in [-0.25, -0.2) is 4.57 Å². The Morgan fingerprint density at radius 1 is 0.739 bits per heavy atom. The van der Waals surface area contributed by atoms with E-state index in [-0.39, 0.29) is 11.5 Å². The number of phosphoric ester groups is 1. The standard InChI is InChI=1S/C12H11O4P.2H2N3/c13-17(14,15-11-7-3-1-4-8-11)16-12-9-5-2-6-10-12;2*1-3-2/h1-10H,(H,13,14);2*1-2H/q;2*+1. The second-order valence-corrected chi connectivity index (χ2v) is 4.80. The van der Waals surface area contributed by atoms with Crippen LogP contribution in [-0.2, 0) is 4.57 Å². The molecule has 0 amide bonds. The molecule has 10 nitrogen and oxygen atoms in total. The Labute approximate surface area is 131 Å².